The lowest BCUT2D eigenvalue weighted by Crippen LogP contribution is -2.64. The van der Waals surface area contributed by atoms with Crippen molar-refractivity contribution in [2.24, 2.45) is 47.3 Å². The SMILES string of the molecule is Cc1cccc(/C=C\C[C@@H](C)C(O)[C@H]2C(=O)N[C@@H](C(C)O)C(=O)N(C)CC(=O)N(C)[C@@H](CC(C)C)C(=O)N[C@@H](CC(C)C)C(=O)N(C)[C@@H](CC(C)C)C(=O)N[C@H](C)C(=O)O[C@@H](C(C)C)C(=O)N(C)[C@@H](CC(C)C)C(=O)N[C@@H](CC(C)C)C(=O)N(C)[C@@H](C(C)C)C(=O)N2C)n1. The average Bonchev–Trinajstić information content (AvgIpc) is 0.812. The molecule has 6 N–H and O–H groups in total. The summed E-state index contributed by atoms with van der Waals surface area (Å²) in [5.74, 6) is -11.9. The van der Waals surface area contributed by atoms with Gasteiger partial charge in [0.05, 0.1) is 24.4 Å². The van der Waals surface area contributed by atoms with Crippen molar-refractivity contribution < 1.29 is 67.7 Å². The second-order valence-electron chi connectivity index (χ2n) is 28.8. The number of hydrogen-bond donors (Lipinski definition) is 6. The predicted octanol–water partition coefficient (Wildman–Crippen LogP) is 4.19. The van der Waals surface area contributed by atoms with Crippen molar-refractivity contribution in [3.63, 3.8) is 0 Å². The molecule has 0 bridgehead atoms. The number of rotatable bonds is 18. The molecule has 1 aromatic heterocycles. The summed E-state index contributed by atoms with van der Waals surface area (Å²) in [4.78, 5) is 173. The molecule has 1 aliphatic rings. The van der Waals surface area contributed by atoms with E-state index in [-0.39, 0.29) is 68.1 Å². The number of aryl methyl sites for hydroxylation is 1. The van der Waals surface area contributed by atoms with Crippen molar-refractivity contribution in [3.8, 4) is 0 Å². The van der Waals surface area contributed by atoms with Crippen LogP contribution in [0.3, 0.4) is 0 Å². The van der Waals surface area contributed by atoms with Gasteiger partial charge in [-0.1, -0.05) is 116 Å². The molecule has 13 atom stereocenters. The number of nitrogens with zero attached hydrogens (tertiary/aromatic N) is 7. The molecule has 1 aliphatic heterocycles. The Morgan fingerprint density at radius 2 is 0.957 bits per heavy atom. The minimum Gasteiger partial charge on any atom is -0.450 e. The molecule has 0 spiro atoms. The maximum atomic E-state index is 15.3. The van der Waals surface area contributed by atoms with Crippen LogP contribution in [0.4, 0.5) is 0 Å². The van der Waals surface area contributed by atoms with Gasteiger partial charge in [0.1, 0.15) is 54.4 Å². The molecule has 2 rings (SSSR count). The number of hydrogen-bond acceptors (Lipinski definition) is 15. The zero-order valence-electron chi connectivity index (χ0n) is 60.8. The molecular formula is C69H117N11O14. The van der Waals surface area contributed by atoms with Gasteiger partial charge in [-0.3, -0.25) is 52.9 Å². The van der Waals surface area contributed by atoms with Crippen LogP contribution in [0.15, 0.2) is 24.3 Å². The molecule has 1 saturated heterocycles. The molecule has 25 heteroatoms. The van der Waals surface area contributed by atoms with Gasteiger partial charge in [-0.2, -0.15) is 0 Å². The number of nitrogens with one attached hydrogen (secondary N) is 4. The summed E-state index contributed by atoms with van der Waals surface area (Å²) in [6, 6.07) is -6.97. The molecule has 0 radical (unpaired) electrons. The van der Waals surface area contributed by atoms with Crippen LogP contribution in [0.25, 0.3) is 6.08 Å². The van der Waals surface area contributed by atoms with Gasteiger partial charge in [0.2, 0.25) is 53.2 Å². The molecule has 1 aromatic rings. The first-order chi connectivity index (χ1) is 43.5. The van der Waals surface area contributed by atoms with E-state index < -0.39 is 162 Å². The Balaban J connectivity index is 3.05. The fraction of sp³-hybridized carbons (Fsp3) is 0.739. The third-order valence-corrected chi connectivity index (χ3v) is 17.0. The lowest BCUT2D eigenvalue weighted by atomic mass is 9.91. The number of carbonyl (C=O) groups excluding carboxylic acids is 11. The van der Waals surface area contributed by atoms with Gasteiger partial charge < -0.3 is 65.6 Å². The first-order valence-electron chi connectivity index (χ1n) is 33.4. The van der Waals surface area contributed by atoms with E-state index in [1.807, 2.05) is 88.3 Å². The Bertz CT molecular complexity index is 2770. The molecule has 25 nitrogen and oxygen atoms in total. The van der Waals surface area contributed by atoms with Gasteiger partial charge in [-0.15, -0.1) is 0 Å². The number of carbonyl (C=O) groups is 11. The largest absolute Gasteiger partial charge is 0.450 e. The van der Waals surface area contributed by atoms with Crippen LogP contribution in [0.1, 0.15) is 168 Å². The first kappa shape index (κ1) is 83.1. The Morgan fingerprint density at radius 1 is 0.521 bits per heavy atom. The number of pyridine rings is 1. The number of cyclic esters (lactones) is 1. The molecular weight excluding hydrogens is 1210 g/mol. The first-order valence-corrected chi connectivity index (χ1v) is 33.4. The fourth-order valence-corrected chi connectivity index (χ4v) is 11.5. The van der Waals surface area contributed by atoms with Gasteiger partial charge in [0.15, 0.2) is 6.10 Å². The quantitative estimate of drug-likeness (QED) is 0.112. The second-order valence-corrected chi connectivity index (χ2v) is 28.8. The zero-order chi connectivity index (χ0) is 72.2. The van der Waals surface area contributed by atoms with Crippen LogP contribution in [0, 0.1) is 54.3 Å². The minimum absolute atomic E-state index is 0.0671. The third kappa shape index (κ3) is 24.3. The fourth-order valence-electron chi connectivity index (χ4n) is 11.5. The van der Waals surface area contributed by atoms with Crippen molar-refractivity contribution in [1.82, 2.24) is 55.7 Å². The van der Waals surface area contributed by atoms with Crippen LogP contribution in [0.5, 0.6) is 0 Å². The summed E-state index contributed by atoms with van der Waals surface area (Å²) < 4.78 is 5.91. The van der Waals surface area contributed by atoms with Crippen LogP contribution in [0.2, 0.25) is 0 Å². The van der Waals surface area contributed by atoms with E-state index in [1.54, 1.807) is 52.8 Å². The van der Waals surface area contributed by atoms with Crippen LogP contribution >= 0.6 is 0 Å². The van der Waals surface area contributed by atoms with Gasteiger partial charge in [-0.05, 0) is 125 Å². The topological polar surface area (TPSA) is 318 Å². The molecule has 0 aromatic carbocycles. The van der Waals surface area contributed by atoms with Crippen LogP contribution in [-0.2, 0) is 57.5 Å². The Hall–Kier alpha value is -7.02. The molecule has 94 heavy (non-hydrogen) atoms. The summed E-state index contributed by atoms with van der Waals surface area (Å²) in [7, 11) is 8.11. The maximum Gasteiger partial charge on any atom is 0.329 e. The van der Waals surface area contributed by atoms with Gasteiger partial charge in [0.25, 0.3) is 5.91 Å². The van der Waals surface area contributed by atoms with E-state index >= 15 is 14.4 Å². The molecule has 1 fully saturated rings. The summed E-state index contributed by atoms with van der Waals surface area (Å²) in [6.45, 7) is 30.5. The molecule has 532 valence electrons. The normalized spacial score (nSPS) is 25.7. The monoisotopic (exact) mass is 1320 g/mol. The number of likely N-dealkylation sites (N-methyl/N-ethyl adjacent to an activating group) is 6. The average molecular weight is 1320 g/mol. The van der Waals surface area contributed by atoms with Gasteiger partial charge >= 0.3 is 5.97 Å². The molecule has 0 saturated carbocycles. The van der Waals surface area contributed by atoms with Crippen molar-refractivity contribution in [2.75, 3.05) is 48.8 Å². The minimum atomic E-state index is -1.80. The smallest absolute Gasteiger partial charge is 0.329 e. The number of aliphatic hydroxyl groups is 2. The van der Waals surface area contributed by atoms with Crippen LogP contribution in [-0.4, -0.2) is 231 Å². The van der Waals surface area contributed by atoms with E-state index in [2.05, 4.69) is 26.3 Å². The maximum absolute atomic E-state index is 15.3. The Labute approximate surface area is 560 Å². The van der Waals surface area contributed by atoms with E-state index in [9.17, 15) is 48.6 Å². The molecule has 0 aliphatic carbocycles. The highest BCUT2D eigenvalue weighted by Gasteiger charge is 2.46. The van der Waals surface area contributed by atoms with Crippen molar-refractivity contribution >= 4 is 71.1 Å². The summed E-state index contributed by atoms with van der Waals surface area (Å²) >= 11 is 0. The predicted molar refractivity (Wildman–Crippen MR) is 360 cm³/mol. The molecule has 2 heterocycles. The lowest BCUT2D eigenvalue weighted by Gasteiger charge is -2.40. The van der Waals surface area contributed by atoms with E-state index in [0.29, 0.717) is 5.69 Å². The third-order valence-electron chi connectivity index (χ3n) is 17.0. The Morgan fingerprint density at radius 3 is 1.39 bits per heavy atom. The lowest BCUT2D eigenvalue weighted by molar-refractivity contribution is -0.166. The second kappa shape index (κ2) is 37.9. The van der Waals surface area contributed by atoms with Crippen molar-refractivity contribution in [1.29, 1.82) is 0 Å². The van der Waals surface area contributed by atoms with E-state index in [0.717, 1.165) is 20.4 Å². The summed E-state index contributed by atoms with van der Waals surface area (Å²) in [5, 5.41) is 34.7. The molecule has 10 amide bonds. The standard InChI is InChI=1S/C69H117N11O14/c1-37(2)31-49-64(88)77(21)52(34-40(7)8)60(84)71-46(17)69(93)94-59(43(13)14)68(92)78(22)53(35-41(9)10)62(86)73-50(32-38(3)4)65(89)79(23)56(42(11)12)67(91)80(24)57(58(83)44(15)27-25-29-48-30-26-28-45(16)70-48)63(87)74-55(47(18)81)66(90)75(19)36-54(82)76(20)51(33-39(5)6)61(85)72-49/h25-26,28-30,37-44,46-47,49-53,55-59,81,83H,27,31-36H2,1-24H3,(H,71,84)(H,72,85)(H,73,86)(H,74,87)/b29-25-/t44-,46-,47?,49+,50+,51+,52+,53+,55+,56+,57+,58?,59+/m1/s1. The van der Waals surface area contributed by atoms with Crippen molar-refractivity contribution in [2.45, 2.75) is 236 Å². The highest BCUT2D eigenvalue weighted by Crippen LogP contribution is 2.25. The van der Waals surface area contributed by atoms with Crippen molar-refractivity contribution in [3.05, 3.63) is 35.7 Å². The van der Waals surface area contributed by atoms with E-state index in [1.165, 1.54) is 70.8 Å². The zero-order valence-corrected chi connectivity index (χ0v) is 60.8. The molecule has 2 unspecified atom stereocenters. The van der Waals surface area contributed by atoms with Crippen LogP contribution < -0.4 is 21.3 Å². The Kier molecular flexibility index (Phi) is 33.5. The number of esters is 1. The van der Waals surface area contributed by atoms with Gasteiger partial charge in [-0.25, -0.2) is 4.79 Å². The highest BCUT2D eigenvalue weighted by atomic mass is 16.6. The number of aromatic nitrogens is 1. The number of aliphatic hydroxyl groups excluding tert-OH is 2. The number of amides is 10. The van der Waals surface area contributed by atoms with E-state index in [4.69, 9.17) is 4.74 Å². The summed E-state index contributed by atoms with van der Waals surface area (Å²) in [6.07, 6.45) is -0.636. The highest BCUT2D eigenvalue weighted by molar-refractivity contribution is 5.99. The number of ether oxygens (including phenoxy) is 1. The summed E-state index contributed by atoms with van der Waals surface area (Å²) in [5.41, 5.74) is 1.40. The number of allylic oxidation sites excluding steroid dienone is 1. The van der Waals surface area contributed by atoms with Gasteiger partial charge in [0, 0.05) is 48.0 Å².